The fourth-order valence-electron chi connectivity index (χ4n) is 0.705. The van der Waals surface area contributed by atoms with Crippen LogP contribution in [-0.2, 0) is 4.79 Å². The Kier molecular flexibility index (Phi) is 11.4. The Morgan fingerprint density at radius 3 is 2.67 bits per heavy atom. The molecule has 2 nitrogen and oxygen atoms in total. The summed E-state index contributed by atoms with van der Waals surface area (Å²) in [5.41, 5.74) is 0. The summed E-state index contributed by atoms with van der Waals surface area (Å²) < 4.78 is 0. The Morgan fingerprint density at radius 2 is 2.25 bits per heavy atom. The van der Waals surface area contributed by atoms with Gasteiger partial charge in [0.1, 0.15) is 0 Å². The van der Waals surface area contributed by atoms with Crippen LogP contribution in [0.15, 0.2) is 12.2 Å². The van der Waals surface area contributed by atoms with Gasteiger partial charge < -0.3 is 6.53 Å². The summed E-state index contributed by atoms with van der Waals surface area (Å²) in [6.07, 6.45) is 6.99. The monoisotopic (exact) mass is 180 g/mol. The molecule has 0 aromatic heterocycles. The van der Waals surface area contributed by atoms with Gasteiger partial charge in [-0.1, -0.05) is 31.9 Å². The summed E-state index contributed by atoms with van der Waals surface area (Å²) in [5.74, 6) is -1.09. The predicted molar refractivity (Wildman–Crippen MR) is 46.6 cm³/mol. The number of unbranched alkanes of at least 4 members (excludes halogenated alkanes) is 2. The summed E-state index contributed by atoms with van der Waals surface area (Å²) in [6, 6.07) is 0. The molecule has 0 rings (SSSR count). The average Bonchev–Trinajstić information content (AvgIpc) is 1.97. The normalized spacial score (nSPS) is 12.5. The van der Waals surface area contributed by atoms with E-state index in [1.165, 1.54) is 0 Å². The average molecular weight is 180 g/mol. The van der Waals surface area contributed by atoms with Crippen molar-refractivity contribution in [3.05, 3.63) is 12.2 Å². The maximum absolute atomic E-state index is 10.3. The van der Waals surface area contributed by atoms with E-state index in [-0.39, 0.29) is 36.9 Å². The first-order chi connectivity index (χ1) is 5.18. The number of aliphatic carboxylic acids is 1. The second-order valence-electron chi connectivity index (χ2n) is 2.70. The van der Waals surface area contributed by atoms with Gasteiger partial charge in [-0.05, 0) is 13.3 Å². The Labute approximate surface area is 97.8 Å². The molecule has 0 aromatic carbocycles. The number of allylic oxidation sites excluding steroid dienone is 1. The van der Waals surface area contributed by atoms with Crippen molar-refractivity contribution < 1.29 is 40.9 Å². The molecule has 1 N–H and O–H groups in total. The minimum absolute atomic E-state index is 0. The van der Waals surface area contributed by atoms with Crippen molar-refractivity contribution in [1.82, 2.24) is 0 Å². The minimum Gasteiger partial charge on any atom is -1.00 e. The van der Waals surface area contributed by atoms with Crippen LogP contribution in [0.1, 0.15) is 34.5 Å². The van der Waals surface area contributed by atoms with E-state index < -0.39 is 5.97 Å². The van der Waals surface area contributed by atoms with E-state index in [0.717, 1.165) is 19.3 Å². The molecule has 0 bridgehead atoms. The molecule has 0 spiro atoms. The van der Waals surface area contributed by atoms with Gasteiger partial charge in [0, 0.05) is 0 Å². The molecule has 0 aliphatic rings. The van der Waals surface area contributed by atoms with Gasteiger partial charge in [-0.15, -0.1) is 0 Å². The molecular weight excluding hydrogens is 163 g/mol. The minimum atomic E-state index is -0.752. The molecule has 0 aliphatic carbocycles. The summed E-state index contributed by atoms with van der Waals surface area (Å²) in [4.78, 5) is 10.3. The van der Waals surface area contributed by atoms with Crippen molar-refractivity contribution in [3.63, 3.8) is 0 Å². The first kappa shape index (κ1) is 14.7. The number of carboxylic acid groups (broad SMARTS) is 1. The van der Waals surface area contributed by atoms with Gasteiger partial charge in [-0.3, -0.25) is 4.79 Å². The Bertz CT molecular complexity index is 149. The first-order valence-corrected chi connectivity index (χ1v) is 4.08. The smallest absolute Gasteiger partial charge is 1.00 e. The summed E-state index contributed by atoms with van der Waals surface area (Å²) >= 11 is 0. The zero-order chi connectivity index (χ0) is 8.69. The number of rotatable bonds is 5. The molecular formula is C9H17NaO2. The molecule has 66 valence electrons. The molecule has 0 amide bonds. The van der Waals surface area contributed by atoms with Crippen LogP contribution in [0.5, 0.6) is 0 Å². The molecule has 0 aromatic rings. The van der Waals surface area contributed by atoms with Gasteiger partial charge >= 0.3 is 35.5 Å². The van der Waals surface area contributed by atoms with Crippen molar-refractivity contribution in [2.45, 2.75) is 33.1 Å². The van der Waals surface area contributed by atoms with Gasteiger partial charge in [0.05, 0.1) is 5.92 Å². The molecule has 0 radical (unpaired) electrons. The van der Waals surface area contributed by atoms with E-state index in [1.54, 1.807) is 13.0 Å². The predicted octanol–water partition coefficient (Wildman–Crippen LogP) is -0.430. The van der Waals surface area contributed by atoms with Crippen LogP contribution < -0.4 is 29.6 Å². The maximum Gasteiger partial charge on any atom is 1.00 e. The van der Waals surface area contributed by atoms with Crippen molar-refractivity contribution in [3.8, 4) is 0 Å². The maximum atomic E-state index is 10.3. The number of carbonyl (C=O) groups is 1. The van der Waals surface area contributed by atoms with Crippen molar-refractivity contribution in [2.24, 2.45) is 5.92 Å². The molecule has 0 saturated carbocycles. The van der Waals surface area contributed by atoms with Crippen molar-refractivity contribution in [2.75, 3.05) is 0 Å². The molecule has 1 atom stereocenters. The SMILES string of the molecule is CCCCC=CC(C)C(=O)O.[H-].[Na+]. The van der Waals surface area contributed by atoms with Gasteiger partial charge in [-0.2, -0.15) is 0 Å². The van der Waals surface area contributed by atoms with E-state index in [0.29, 0.717) is 0 Å². The fourth-order valence-corrected chi connectivity index (χ4v) is 0.705. The number of hydrogen-bond acceptors (Lipinski definition) is 1. The largest absolute Gasteiger partial charge is 1.00 e. The van der Waals surface area contributed by atoms with E-state index in [1.807, 2.05) is 6.08 Å². The summed E-state index contributed by atoms with van der Waals surface area (Å²) in [7, 11) is 0. The van der Waals surface area contributed by atoms with Crippen LogP contribution in [0, 0.1) is 5.92 Å². The molecule has 12 heavy (non-hydrogen) atoms. The number of carboxylic acids is 1. The van der Waals surface area contributed by atoms with Crippen LogP contribution in [0.25, 0.3) is 0 Å². The second kappa shape index (κ2) is 9.30. The van der Waals surface area contributed by atoms with E-state index in [2.05, 4.69) is 6.92 Å². The molecule has 0 aliphatic heterocycles. The third-order valence-electron chi connectivity index (χ3n) is 1.54. The van der Waals surface area contributed by atoms with Crippen LogP contribution in [0.4, 0.5) is 0 Å². The third-order valence-corrected chi connectivity index (χ3v) is 1.54. The Hall–Kier alpha value is 0.210. The summed E-state index contributed by atoms with van der Waals surface area (Å²) in [6.45, 7) is 3.80. The zero-order valence-electron chi connectivity index (χ0n) is 9.21. The van der Waals surface area contributed by atoms with Crippen LogP contribution in [-0.4, -0.2) is 11.1 Å². The Balaban J connectivity index is -0.000000500. The van der Waals surface area contributed by atoms with Crippen LogP contribution >= 0.6 is 0 Å². The van der Waals surface area contributed by atoms with Crippen LogP contribution in [0.2, 0.25) is 0 Å². The third kappa shape index (κ3) is 8.31. The molecule has 1 unspecified atom stereocenters. The van der Waals surface area contributed by atoms with Crippen molar-refractivity contribution >= 4 is 5.97 Å². The van der Waals surface area contributed by atoms with Gasteiger partial charge in [-0.25, -0.2) is 0 Å². The van der Waals surface area contributed by atoms with Crippen molar-refractivity contribution in [1.29, 1.82) is 0 Å². The van der Waals surface area contributed by atoms with Gasteiger partial charge in [0.2, 0.25) is 0 Å². The second-order valence-corrected chi connectivity index (χ2v) is 2.70. The van der Waals surface area contributed by atoms with Gasteiger partial charge in [0.15, 0.2) is 0 Å². The Morgan fingerprint density at radius 1 is 1.67 bits per heavy atom. The summed E-state index contributed by atoms with van der Waals surface area (Å²) in [5, 5.41) is 8.49. The topological polar surface area (TPSA) is 37.3 Å². The molecule has 3 heteroatoms. The fraction of sp³-hybridized carbons (Fsp3) is 0.667. The zero-order valence-corrected chi connectivity index (χ0v) is 10.2. The number of hydrogen-bond donors (Lipinski definition) is 1. The van der Waals surface area contributed by atoms with Crippen LogP contribution in [0.3, 0.4) is 0 Å². The van der Waals surface area contributed by atoms with E-state index >= 15 is 0 Å². The molecule has 0 heterocycles. The molecule has 0 saturated heterocycles. The quantitative estimate of drug-likeness (QED) is 0.354. The first-order valence-electron chi connectivity index (χ1n) is 4.08. The van der Waals surface area contributed by atoms with Gasteiger partial charge in [0.25, 0.3) is 0 Å². The van der Waals surface area contributed by atoms with E-state index in [4.69, 9.17) is 5.11 Å². The molecule has 0 fully saturated rings. The standard InChI is InChI=1S/C9H16O2.Na.H/c1-3-4-5-6-7-8(2)9(10)11;;/h6-8H,3-5H2,1-2H3,(H,10,11);;/q;+1;-1. The van der Waals surface area contributed by atoms with E-state index in [9.17, 15) is 4.79 Å².